The van der Waals surface area contributed by atoms with Gasteiger partial charge in [-0.25, -0.2) is 4.98 Å². The summed E-state index contributed by atoms with van der Waals surface area (Å²) in [7, 11) is 0. The molecule has 2 fully saturated rings. The van der Waals surface area contributed by atoms with Crippen LogP contribution in [-0.2, 0) is 23.2 Å². The summed E-state index contributed by atoms with van der Waals surface area (Å²) in [5.41, 5.74) is 3.59. The molecular weight excluding hydrogens is 412 g/mol. The molecule has 1 N–H and O–H groups in total. The van der Waals surface area contributed by atoms with E-state index in [0.29, 0.717) is 18.4 Å². The van der Waals surface area contributed by atoms with E-state index in [1.165, 1.54) is 5.56 Å². The molecule has 2 aromatic rings. The lowest BCUT2D eigenvalue weighted by Crippen LogP contribution is -2.46. The van der Waals surface area contributed by atoms with Gasteiger partial charge < -0.3 is 9.88 Å². The van der Waals surface area contributed by atoms with Gasteiger partial charge >= 0.3 is 0 Å². The van der Waals surface area contributed by atoms with Crippen LogP contribution in [0, 0.1) is 6.92 Å². The van der Waals surface area contributed by atoms with Crippen LogP contribution in [0.4, 0.5) is 0 Å². The number of hydrogen-bond donors (Lipinski definition) is 1. The summed E-state index contributed by atoms with van der Waals surface area (Å²) in [6.07, 6.45) is 6.49. The van der Waals surface area contributed by atoms with Crippen molar-refractivity contribution in [3.63, 3.8) is 0 Å². The Hall–Kier alpha value is -2.47. The molecule has 0 radical (unpaired) electrons. The minimum Gasteiger partial charge on any atom is -0.332 e. The highest BCUT2D eigenvalue weighted by atomic mass is 16.2. The SMILES string of the molecule is Cc1ccc(C2(C(=O)N3CCC[C@@H]3c3nc4c(c(=O)[nH]3)CCN(C(C)C)C4)CCCC2)cc1. The van der Waals surface area contributed by atoms with Crippen molar-refractivity contribution in [3.8, 4) is 0 Å². The lowest BCUT2D eigenvalue weighted by atomic mass is 9.77. The molecule has 6 nitrogen and oxygen atoms in total. The number of nitrogens with one attached hydrogen (secondary N) is 1. The fourth-order valence-corrected chi connectivity index (χ4v) is 6.12. The minimum absolute atomic E-state index is 0.0215. The molecule has 6 heteroatoms. The zero-order chi connectivity index (χ0) is 23.2. The summed E-state index contributed by atoms with van der Waals surface area (Å²) in [5, 5.41) is 0. The molecule has 3 heterocycles. The quantitative estimate of drug-likeness (QED) is 0.767. The molecule has 1 saturated heterocycles. The van der Waals surface area contributed by atoms with Crippen LogP contribution in [0.1, 0.15) is 86.6 Å². The van der Waals surface area contributed by atoms with Gasteiger partial charge in [0.1, 0.15) is 5.82 Å². The van der Waals surface area contributed by atoms with Crippen LogP contribution in [0.2, 0.25) is 0 Å². The van der Waals surface area contributed by atoms with Gasteiger partial charge in [0, 0.05) is 31.2 Å². The molecule has 1 aromatic carbocycles. The maximum absolute atomic E-state index is 14.2. The Labute approximate surface area is 196 Å². The molecule has 33 heavy (non-hydrogen) atoms. The molecule has 5 rings (SSSR count). The summed E-state index contributed by atoms with van der Waals surface area (Å²) in [6, 6.07) is 8.80. The Morgan fingerprint density at radius 2 is 1.85 bits per heavy atom. The fourth-order valence-electron chi connectivity index (χ4n) is 6.12. The fraction of sp³-hybridized carbons (Fsp3) is 0.593. The van der Waals surface area contributed by atoms with Crippen LogP contribution < -0.4 is 5.56 Å². The number of aryl methyl sites for hydroxylation is 1. The van der Waals surface area contributed by atoms with Crippen molar-refractivity contribution in [1.82, 2.24) is 19.8 Å². The number of fused-ring (bicyclic) bond motifs is 1. The molecular formula is C27H36N4O2. The third-order valence-corrected chi connectivity index (χ3v) is 8.15. The first-order valence-electron chi connectivity index (χ1n) is 12.6. The first kappa shape index (κ1) is 22.3. The first-order valence-corrected chi connectivity index (χ1v) is 12.6. The summed E-state index contributed by atoms with van der Waals surface area (Å²) in [6.45, 7) is 8.78. The molecule has 3 aliphatic rings. The highest BCUT2D eigenvalue weighted by molar-refractivity contribution is 5.89. The van der Waals surface area contributed by atoms with Crippen LogP contribution in [0.15, 0.2) is 29.1 Å². The number of aromatic nitrogens is 2. The average Bonchev–Trinajstić information content (AvgIpc) is 3.49. The Morgan fingerprint density at radius 1 is 1.12 bits per heavy atom. The minimum atomic E-state index is -0.445. The number of rotatable bonds is 4. The number of carbonyl (C=O) groups excluding carboxylic acids is 1. The van der Waals surface area contributed by atoms with Crippen molar-refractivity contribution < 1.29 is 4.79 Å². The average molecular weight is 449 g/mol. The van der Waals surface area contributed by atoms with E-state index in [2.05, 4.69) is 54.9 Å². The third kappa shape index (κ3) is 3.92. The van der Waals surface area contributed by atoms with E-state index >= 15 is 0 Å². The molecule has 2 aliphatic heterocycles. The van der Waals surface area contributed by atoms with Crippen molar-refractivity contribution in [1.29, 1.82) is 0 Å². The van der Waals surface area contributed by atoms with E-state index in [1.54, 1.807) is 0 Å². The van der Waals surface area contributed by atoms with E-state index in [1.807, 2.05) is 4.90 Å². The number of amides is 1. The number of benzene rings is 1. The van der Waals surface area contributed by atoms with Gasteiger partial charge in [-0.1, -0.05) is 42.7 Å². The standard InChI is InChI=1S/C27H36N4O2/c1-18(2)30-16-12-21-22(17-30)28-24(29-25(21)32)23-7-6-15-31(23)26(33)27(13-4-5-14-27)20-10-8-19(3)9-11-20/h8-11,18,23H,4-7,12-17H2,1-3H3,(H,28,29,32)/t23-/m1/s1. The van der Waals surface area contributed by atoms with E-state index in [0.717, 1.165) is 74.9 Å². The van der Waals surface area contributed by atoms with Crippen molar-refractivity contribution in [2.75, 3.05) is 13.1 Å². The Kier molecular flexibility index (Phi) is 5.89. The number of H-pyrrole nitrogens is 1. The predicted octanol–water partition coefficient (Wildman–Crippen LogP) is 4.02. The lowest BCUT2D eigenvalue weighted by molar-refractivity contribution is -0.138. The Bertz CT molecular complexity index is 1080. The number of nitrogens with zero attached hydrogens (tertiary/aromatic N) is 3. The van der Waals surface area contributed by atoms with Gasteiger partial charge in [0.05, 0.1) is 17.2 Å². The Balaban J connectivity index is 1.48. The van der Waals surface area contributed by atoms with Gasteiger partial charge in [0.2, 0.25) is 5.91 Å². The van der Waals surface area contributed by atoms with E-state index in [-0.39, 0.29) is 17.5 Å². The van der Waals surface area contributed by atoms with Crippen molar-refractivity contribution in [3.05, 3.63) is 62.8 Å². The summed E-state index contributed by atoms with van der Waals surface area (Å²) < 4.78 is 0. The monoisotopic (exact) mass is 448 g/mol. The summed E-state index contributed by atoms with van der Waals surface area (Å²) in [4.78, 5) is 39.5. The third-order valence-electron chi connectivity index (χ3n) is 8.15. The topological polar surface area (TPSA) is 69.3 Å². The normalized spacial score (nSPS) is 22.7. The maximum Gasteiger partial charge on any atom is 0.254 e. The number of hydrogen-bond acceptors (Lipinski definition) is 4. The largest absolute Gasteiger partial charge is 0.332 e. The second-order valence-corrected chi connectivity index (χ2v) is 10.5. The van der Waals surface area contributed by atoms with Crippen molar-refractivity contribution in [2.24, 2.45) is 0 Å². The maximum atomic E-state index is 14.2. The summed E-state index contributed by atoms with van der Waals surface area (Å²) >= 11 is 0. The molecule has 1 aromatic heterocycles. The number of carbonyl (C=O) groups is 1. The van der Waals surface area contributed by atoms with Crippen LogP contribution in [0.3, 0.4) is 0 Å². The van der Waals surface area contributed by atoms with Crippen LogP contribution in [0.5, 0.6) is 0 Å². The number of aromatic amines is 1. The molecule has 0 unspecified atom stereocenters. The van der Waals surface area contributed by atoms with Gasteiger partial charge in [-0.3, -0.25) is 14.5 Å². The second-order valence-electron chi connectivity index (χ2n) is 10.5. The zero-order valence-corrected chi connectivity index (χ0v) is 20.2. The highest BCUT2D eigenvalue weighted by Gasteiger charge is 2.48. The second kappa shape index (κ2) is 8.71. The van der Waals surface area contributed by atoms with Crippen LogP contribution in [0.25, 0.3) is 0 Å². The molecule has 0 spiro atoms. The van der Waals surface area contributed by atoms with Crippen LogP contribution in [-0.4, -0.2) is 44.8 Å². The number of likely N-dealkylation sites (tertiary alicyclic amines) is 1. The molecule has 176 valence electrons. The van der Waals surface area contributed by atoms with Gasteiger partial charge in [-0.05, 0) is 58.4 Å². The Morgan fingerprint density at radius 3 is 2.55 bits per heavy atom. The first-order chi connectivity index (χ1) is 15.9. The van der Waals surface area contributed by atoms with Crippen molar-refractivity contribution in [2.45, 2.75) is 89.8 Å². The van der Waals surface area contributed by atoms with Crippen molar-refractivity contribution >= 4 is 5.91 Å². The lowest BCUT2D eigenvalue weighted by Gasteiger charge is -2.36. The van der Waals surface area contributed by atoms with E-state index < -0.39 is 5.41 Å². The predicted molar refractivity (Wildman–Crippen MR) is 129 cm³/mol. The molecule has 1 aliphatic carbocycles. The summed E-state index contributed by atoms with van der Waals surface area (Å²) in [5.74, 6) is 0.891. The van der Waals surface area contributed by atoms with Gasteiger partial charge in [-0.15, -0.1) is 0 Å². The van der Waals surface area contributed by atoms with Crippen LogP contribution >= 0.6 is 0 Å². The van der Waals surface area contributed by atoms with Gasteiger partial charge in [0.25, 0.3) is 5.56 Å². The van der Waals surface area contributed by atoms with Gasteiger partial charge in [-0.2, -0.15) is 0 Å². The van der Waals surface area contributed by atoms with Gasteiger partial charge in [0.15, 0.2) is 0 Å². The highest BCUT2D eigenvalue weighted by Crippen LogP contribution is 2.45. The molecule has 1 saturated carbocycles. The molecule has 1 amide bonds. The van der Waals surface area contributed by atoms with E-state index in [4.69, 9.17) is 4.98 Å². The zero-order valence-electron chi connectivity index (χ0n) is 20.2. The molecule has 0 bridgehead atoms. The smallest absolute Gasteiger partial charge is 0.254 e. The van der Waals surface area contributed by atoms with E-state index in [9.17, 15) is 9.59 Å². The molecule has 1 atom stereocenters.